The molecule has 0 bridgehead atoms. The standard InChI is InChI=1S/C38H37N7O6/c1-5-6-9-25-23-34(45(44-25)27-12-14-28(48-2)15-13-27)42-38(47)41-32-16-17-33(31-11-8-7-10-30(31)32)51-35-18-19-39-37(43-35)40-26-20-24(36(46)50-4)21-29(22-26)49-3/h7-8,10-23H,5-6,9H2,1-4H3,(H,39,40,43)(H2,41,42,47). The van der Waals surface area contributed by atoms with Gasteiger partial charge in [0.25, 0.3) is 0 Å². The Morgan fingerprint density at radius 1 is 0.824 bits per heavy atom. The third-order valence-corrected chi connectivity index (χ3v) is 7.90. The molecule has 2 amide bonds. The van der Waals surface area contributed by atoms with E-state index in [1.165, 1.54) is 14.2 Å². The molecule has 6 aromatic rings. The quantitative estimate of drug-likeness (QED) is 0.102. The molecule has 0 aliphatic heterocycles. The number of amides is 2. The summed E-state index contributed by atoms with van der Waals surface area (Å²) in [6.45, 7) is 2.13. The number of hydrogen-bond donors (Lipinski definition) is 3. The summed E-state index contributed by atoms with van der Waals surface area (Å²) in [6, 6.07) is 26.6. The smallest absolute Gasteiger partial charge is 0.338 e. The van der Waals surface area contributed by atoms with Gasteiger partial charge in [0.2, 0.25) is 11.8 Å². The first kappa shape index (κ1) is 34.2. The second kappa shape index (κ2) is 15.7. The molecule has 260 valence electrons. The van der Waals surface area contributed by atoms with Gasteiger partial charge in [0, 0.05) is 40.9 Å². The van der Waals surface area contributed by atoms with Gasteiger partial charge in [-0.2, -0.15) is 10.1 Å². The van der Waals surface area contributed by atoms with Crippen molar-refractivity contribution in [3.05, 3.63) is 108 Å². The van der Waals surface area contributed by atoms with Crippen molar-refractivity contribution in [2.45, 2.75) is 26.2 Å². The van der Waals surface area contributed by atoms with Gasteiger partial charge in [-0.15, -0.1) is 0 Å². The molecule has 51 heavy (non-hydrogen) atoms. The number of anilines is 4. The Bertz CT molecular complexity index is 2170. The van der Waals surface area contributed by atoms with E-state index in [0.717, 1.165) is 47.2 Å². The third kappa shape index (κ3) is 8.16. The second-order valence-electron chi connectivity index (χ2n) is 11.4. The number of hydrogen-bond acceptors (Lipinski definition) is 10. The van der Waals surface area contributed by atoms with Gasteiger partial charge in [-0.1, -0.05) is 37.6 Å². The molecule has 6 rings (SSSR count). The van der Waals surface area contributed by atoms with Crippen LogP contribution in [0.2, 0.25) is 0 Å². The summed E-state index contributed by atoms with van der Waals surface area (Å²) in [5.41, 5.74) is 3.09. The number of urea groups is 1. The van der Waals surface area contributed by atoms with Crippen LogP contribution in [-0.2, 0) is 11.2 Å². The molecule has 13 heteroatoms. The molecule has 13 nitrogen and oxygen atoms in total. The number of carbonyl (C=O) groups excluding carboxylic acids is 2. The van der Waals surface area contributed by atoms with Gasteiger partial charge in [-0.05, 0) is 61.4 Å². The molecule has 0 atom stereocenters. The number of fused-ring (bicyclic) bond motifs is 1. The van der Waals surface area contributed by atoms with Crippen LogP contribution in [0.4, 0.5) is 27.9 Å². The Balaban J connectivity index is 1.21. The van der Waals surface area contributed by atoms with E-state index < -0.39 is 12.0 Å². The lowest BCUT2D eigenvalue weighted by Crippen LogP contribution is -2.21. The van der Waals surface area contributed by atoms with Gasteiger partial charge in [0.15, 0.2) is 0 Å². The molecule has 0 radical (unpaired) electrons. The number of ether oxygens (including phenoxy) is 4. The Kier molecular flexibility index (Phi) is 10.6. The van der Waals surface area contributed by atoms with Crippen molar-refractivity contribution in [2.75, 3.05) is 37.3 Å². The Morgan fingerprint density at radius 2 is 1.61 bits per heavy atom. The summed E-state index contributed by atoms with van der Waals surface area (Å²) >= 11 is 0. The fraction of sp³-hybridized carbons (Fsp3) is 0.184. The topological polar surface area (TPSA) is 151 Å². The van der Waals surface area contributed by atoms with E-state index >= 15 is 0 Å². The zero-order chi connectivity index (χ0) is 35.7. The highest BCUT2D eigenvalue weighted by Gasteiger charge is 2.16. The summed E-state index contributed by atoms with van der Waals surface area (Å²) in [5.74, 6) is 2.25. The Morgan fingerprint density at radius 3 is 2.35 bits per heavy atom. The maximum absolute atomic E-state index is 13.4. The molecule has 0 saturated carbocycles. The second-order valence-corrected chi connectivity index (χ2v) is 11.4. The molecule has 0 aliphatic rings. The van der Waals surface area contributed by atoms with Crippen LogP contribution in [0.15, 0.2) is 97.2 Å². The summed E-state index contributed by atoms with van der Waals surface area (Å²) in [6.07, 6.45) is 4.37. The summed E-state index contributed by atoms with van der Waals surface area (Å²) < 4.78 is 23.4. The van der Waals surface area contributed by atoms with Crippen LogP contribution in [0, 0.1) is 0 Å². The minimum absolute atomic E-state index is 0.238. The van der Waals surface area contributed by atoms with Crippen LogP contribution < -0.4 is 30.2 Å². The first-order chi connectivity index (χ1) is 24.9. The van der Waals surface area contributed by atoms with Crippen molar-refractivity contribution in [2.24, 2.45) is 0 Å². The first-order valence-corrected chi connectivity index (χ1v) is 16.3. The number of methoxy groups -OCH3 is 3. The van der Waals surface area contributed by atoms with Crippen molar-refractivity contribution in [1.29, 1.82) is 0 Å². The summed E-state index contributed by atoms with van der Waals surface area (Å²) in [7, 11) is 4.43. The van der Waals surface area contributed by atoms with E-state index in [4.69, 9.17) is 24.0 Å². The summed E-state index contributed by atoms with van der Waals surface area (Å²) in [4.78, 5) is 34.4. The number of nitrogens with zero attached hydrogens (tertiary/aromatic N) is 4. The zero-order valence-electron chi connectivity index (χ0n) is 28.6. The highest BCUT2D eigenvalue weighted by atomic mass is 16.5. The van der Waals surface area contributed by atoms with Gasteiger partial charge in [0.1, 0.15) is 23.1 Å². The fourth-order valence-corrected chi connectivity index (χ4v) is 5.38. The predicted molar refractivity (Wildman–Crippen MR) is 195 cm³/mol. The summed E-state index contributed by atoms with van der Waals surface area (Å²) in [5, 5.41) is 15.3. The minimum atomic E-state index is -0.506. The van der Waals surface area contributed by atoms with Gasteiger partial charge < -0.3 is 29.6 Å². The van der Waals surface area contributed by atoms with Crippen molar-refractivity contribution in [3.8, 4) is 28.8 Å². The lowest BCUT2D eigenvalue weighted by Gasteiger charge is -2.14. The molecule has 2 aromatic heterocycles. The lowest BCUT2D eigenvalue weighted by atomic mass is 10.1. The van der Waals surface area contributed by atoms with Gasteiger partial charge in [-0.3, -0.25) is 5.32 Å². The molecular weight excluding hydrogens is 650 g/mol. The third-order valence-electron chi connectivity index (χ3n) is 7.90. The molecule has 3 N–H and O–H groups in total. The van der Waals surface area contributed by atoms with Crippen LogP contribution in [0.5, 0.6) is 23.1 Å². The monoisotopic (exact) mass is 687 g/mol. The van der Waals surface area contributed by atoms with E-state index in [9.17, 15) is 9.59 Å². The molecule has 0 saturated heterocycles. The molecular formula is C38H37N7O6. The van der Waals surface area contributed by atoms with E-state index in [2.05, 4.69) is 32.8 Å². The Hall–Kier alpha value is -6.63. The van der Waals surface area contributed by atoms with E-state index in [1.54, 1.807) is 54.4 Å². The van der Waals surface area contributed by atoms with E-state index in [0.29, 0.717) is 34.3 Å². The molecule has 0 aliphatic carbocycles. The van der Waals surface area contributed by atoms with Gasteiger partial charge in [0.05, 0.1) is 44.0 Å². The minimum Gasteiger partial charge on any atom is -0.497 e. The highest BCUT2D eigenvalue weighted by Crippen LogP contribution is 2.34. The average Bonchev–Trinajstić information content (AvgIpc) is 3.56. The number of benzene rings is 4. The van der Waals surface area contributed by atoms with Crippen LogP contribution in [0.1, 0.15) is 35.8 Å². The van der Waals surface area contributed by atoms with Crippen LogP contribution in [0.25, 0.3) is 16.5 Å². The van der Waals surface area contributed by atoms with Crippen LogP contribution in [-0.4, -0.2) is 53.1 Å². The van der Waals surface area contributed by atoms with Crippen molar-refractivity contribution >= 4 is 45.9 Å². The van der Waals surface area contributed by atoms with Crippen LogP contribution >= 0.6 is 0 Å². The van der Waals surface area contributed by atoms with Gasteiger partial charge in [-0.25, -0.2) is 19.3 Å². The van der Waals surface area contributed by atoms with E-state index in [1.807, 2.05) is 54.6 Å². The molecule has 0 fully saturated rings. The number of unbranched alkanes of at least 4 members (excludes halogenated alkanes) is 1. The van der Waals surface area contributed by atoms with Crippen molar-refractivity contribution in [3.63, 3.8) is 0 Å². The lowest BCUT2D eigenvalue weighted by molar-refractivity contribution is 0.0600. The molecule has 4 aromatic carbocycles. The molecule has 0 unspecified atom stereocenters. The number of rotatable bonds is 13. The van der Waals surface area contributed by atoms with Gasteiger partial charge >= 0.3 is 12.0 Å². The van der Waals surface area contributed by atoms with Crippen molar-refractivity contribution in [1.82, 2.24) is 19.7 Å². The Labute approximate surface area is 294 Å². The SMILES string of the molecule is CCCCc1cc(NC(=O)Nc2ccc(Oc3ccnc(Nc4cc(OC)cc(C(=O)OC)c4)n3)c3ccccc23)n(-c2ccc(OC)cc2)n1. The van der Waals surface area contributed by atoms with Crippen molar-refractivity contribution < 1.29 is 28.5 Å². The molecule has 0 spiro atoms. The maximum Gasteiger partial charge on any atom is 0.338 e. The van der Waals surface area contributed by atoms with Crippen LogP contribution in [0.3, 0.4) is 0 Å². The largest absolute Gasteiger partial charge is 0.497 e. The number of carbonyl (C=O) groups is 2. The molecule has 2 heterocycles. The number of nitrogens with one attached hydrogen (secondary N) is 3. The predicted octanol–water partition coefficient (Wildman–Crippen LogP) is 8.14. The number of esters is 1. The maximum atomic E-state index is 13.4. The first-order valence-electron chi connectivity index (χ1n) is 16.3. The highest BCUT2D eigenvalue weighted by molar-refractivity contribution is 6.07. The normalized spacial score (nSPS) is 10.7. The number of aromatic nitrogens is 4. The average molecular weight is 688 g/mol. The zero-order valence-corrected chi connectivity index (χ0v) is 28.6. The fourth-order valence-electron chi connectivity index (χ4n) is 5.38. The van der Waals surface area contributed by atoms with E-state index in [-0.39, 0.29) is 11.8 Å². The number of aryl methyl sites for hydroxylation is 1.